The predicted molar refractivity (Wildman–Crippen MR) is 77.4 cm³/mol. The highest BCUT2D eigenvalue weighted by molar-refractivity contribution is 5.97. The molecule has 2 rings (SSSR count). The summed E-state index contributed by atoms with van der Waals surface area (Å²) in [5.41, 5.74) is 0.206. The highest BCUT2D eigenvalue weighted by atomic mass is 16.5. The quantitative estimate of drug-likeness (QED) is 0.854. The van der Waals surface area contributed by atoms with Crippen LogP contribution in [0.3, 0.4) is 0 Å². The van der Waals surface area contributed by atoms with Crippen molar-refractivity contribution in [3.05, 3.63) is 23.2 Å². The molecule has 0 unspecified atom stereocenters. The molecule has 1 aliphatic heterocycles. The predicted octanol–water partition coefficient (Wildman–Crippen LogP) is 1.45. The van der Waals surface area contributed by atoms with Crippen LogP contribution < -0.4 is 5.32 Å². The van der Waals surface area contributed by atoms with Crippen molar-refractivity contribution in [2.45, 2.75) is 32.7 Å². The summed E-state index contributed by atoms with van der Waals surface area (Å²) in [6, 6.07) is 1.49. The van der Waals surface area contributed by atoms with Crippen LogP contribution in [0.2, 0.25) is 0 Å². The molecule has 1 saturated heterocycles. The van der Waals surface area contributed by atoms with Gasteiger partial charge < -0.3 is 19.4 Å². The van der Waals surface area contributed by atoms with E-state index in [4.69, 9.17) is 9.15 Å². The molecule has 0 aliphatic carbocycles. The van der Waals surface area contributed by atoms with E-state index in [-0.39, 0.29) is 17.2 Å². The minimum Gasteiger partial charge on any atom is -0.465 e. The number of esters is 1. The number of amides is 1. The summed E-state index contributed by atoms with van der Waals surface area (Å²) >= 11 is 0. The molecule has 21 heavy (non-hydrogen) atoms. The second-order valence-corrected chi connectivity index (χ2v) is 5.83. The lowest BCUT2D eigenvalue weighted by molar-refractivity contribution is 0.0595. The number of nitrogens with one attached hydrogen (secondary N) is 1. The van der Waals surface area contributed by atoms with Crippen molar-refractivity contribution in [1.29, 1.82) is 0 Å². The molecule has 1 aromatic rings. The molecule has 6 heteroatoms. The molecule has 1 amide bonds. The van der Waals surface area contributed by atoms with Gasteiger partial charge in [0.1, 0.15) is 11.3 Å². The zero-order valence-electron chi connectivity index (χ0n) is 13.0. The number of carbonyl (C=O) groups is 2. The smallest absolute Gasteiger partial charge is 0.341 e. The third kappa shape index (κ3) is 3.26. The number of methoxy groups -OCH3 is 1. The second kappa shape index (κ2) is 5.89. The second-order valence-electron chi connectivity index (χ2n) is 5.83. The lowest BCUT2D eigenvalue weighted by Gasteiger charge is -2.38. The molecule has 0 aromatic carbocycles. The lowest BCUT2D eigenvalue weighted by atomic mass is 10.0. The van der Waals surface area contributed by atoms with Gasteiger partial charge in [-0.15, -0.1) is 0 Å². The van der Waals surface area contributed by atoms with Gasteiger partial charge in [0, 0.05) is 37.7 Å². The Labute approximate surface area is 124 Å². The molecule has 0 radical (unpaired) electrons. The van der Waals surface area contributed by atoms with Crippen LogP contribution in [0.5, 0.6) is 0 Å². The molecule has 1 fully saturated rings. The maximum absolute atomic E-state index is 12.5. The van der Waals surface area contributed by atoms with E-state index in [1.54, 1.807) is 4.90 Å². The number of furan rings is 1. The molecule has 2 heterocycles. The summed E-state index contributed by atoms with van der Waals surface area (Å²) in [6.45, 7) is 7.93. The van der Waals surface area contributed by atoms with Crippen LogP contribution in [0.25, 0.3) is 0 Å². The van der Waals surface area contributed by atoms with Crippen LogP contribution in [0.15, 0.2) is 10.5 Å². The van der Waals surface area contributed by atoms with Crippen LogP contribution in [-0.4, -0.2) is 49.1 Å². The maximum Gasteiger partial charge on any atom is 0.341 e. The van der Waals surface area contributed by atoms with Crippen molar-refractivity contribution in [1.82, 2.24) is 10.2 Å². The first-order valence-corrected chi connectivity index (χ1v) is 7.13. The van der Waals surface area contributed by atoms with Gasteiger partial charge in [0.2, 0.25) is 0 Å². The number of ether oxygens (including phenoxy) is 1. The molecular formula is C15H22N2O4. The van der Waals surface area contributed by atoms with Crippen LogP contribution in [0.1, 0.15) is 47.4 Å². The van der Waals surface area contributed by atoms with Gasteiger partial charge >= 0.3 is 5.97 Å². The Balaban J connectivity index is 2.23. The summed E-state index contributed by atoms with van der Waals surface area (Å²) in [5, 5.41) is 3.35. The van der Waals surface area contributed by atoms with Crippen molar-refractivity contribution >= 4 is 11.9 Å². The molecule has 116 valence electrons. The summed E-state index contributed by atoms with van der Waals surface area (Å²) in [7, 11) is 1.31. The molecule has 0 saturated carbocycles. The number of rotatable bonds is 3. The van der Waals surface area contributed by atoms with E-state index in [1.807, 2.05) is 20.8 Å². The van der Waals surface area contributed by atoms with Crippen LogP contribution >= 0.6 is 0 Å². The zero-order valence-corrected chi connectivity index (χ0v) is 13.0. The summed E-state index contributed by atoms with van der Waals surface area (Å²) < 4.78 is 10.3. The van der Waals surface area contributed by atoms with Crippen LogP contribution in [0.4, 0.5) is 0 Å². The Morgan fingerprint density at radius 1 is 1.48 bits per heavy atom. The SMILES string of the molecule is CCc1oc(C(=O)N2CCNC(C)(C)C2)cc1C(=O)OC. The number of hydrogen-bond donors (Lipinski definition) is 1. The molecule has 0 atom stereocenters. The van der Waals surface area contributed by atoms with Crippen molar-refractivity contribution in [2.75, 3.05) is 26.7 Å². The Morgan fingerprint density at radius 3 is 2.76 bits per heavy atom. The Hall–Kier alpha value is -1.82. The van der Waals surface area contributed by atoms with E-state index in [9.17, 15) is 9.59 Å². The first kappa shape index (κ1) is 15.6. The molecule has 1 aliphatic rings. The van der Waals surface area contributed by atoms with Gasteiger partial charge in [-0.1, -0.05) is 6.92 Å². The van der Waals surface area contributed by atoms with E-state index in [1.165, 1.54) is 13.2 Å². The van der Waals surface area contributed by atoms with Gasteiger partial charge in [0.05, 0.1) is 7.11 Å². The molecule has 0 spiro atoms. The largest absolute Gasteiger partial charge is 0.465 e. The number of carbonyl (C=O) groups excluding carboxylic acids is 2. The van der Waals surface area contributed by atoms with Gasteiger partial charge in [0.15, 0.2) is 5.76 Å². The van der Waals surface area contributed by atoms with E-state index in [0.29, 0.717) is 30.8 Å². The van der Waals surface area contributed by atoms with Gasteiger partial charge in [-0.3, -0.25) is 4.79 Å². The van der Waals surface area contributed by atoms with Crippen molar-refractivity contribution in [2.24, 2.45) is 0 Å². The highest BCUT2D eigenvalue weighted by Gasteiger charge is 2.31. The Kier molecular flexibility index (Phi) is 4.37. The first-order chi connectivity index (χ1) is 9.88. The number of aryl methyl sites for hydroxylation is 1. The Bertz CT molecular complexity index is 548. The van der Waals surface area contributed by atoms with E-state index < -0.39 is 5.97 Å². The fraction of sp³-hybridized carbons (Fsp3) is 0.600. The van der Waals surface area contributed by atoms with Crippen molar-refractivity contribution in [3.8, 4) is 0 Å². The highest BCUT2D eigenvalue weighted by Crippen LogP contribution is 2.20. The summed E-state index contributed by atoms with van der Waals surface area (Å²) in [5.74, 6) is 0.0225. The van der Waals surface area contributed by atoms with E-state index in [2.05, 4.69) is 5.32 Å². The normalized spacial score (nSPS) is 17.6. The third-order valence-electron chi connectivity index (χ3n) is 3.60. The van der Waals surface area contributed by atoms with E-state index >= 15 is 0 Å². The maximum atomic E-state index is 12.5. The summed E-state index contributed by atoms with van der Waals surface area (Å²) in [6.07, 6.45) is 0.533. The number of nitrogens with zero attached hydrogens (tertiary/aromatic N) is 1. The molecule has 6 nitrogen and oxygen atoms in total. The zero-order chi connectivity index (χ0) is 15.6. The minimum atomic E-state index is -0.477. The van der Waals surface area contributed by atoms with Gasteiger partial charge in [-0.25, -0.2) is 4.79 Å². The average molecular weight is 294 g/mol. The Morgan fingerprint density at radius 2 is 2.19 bits per heavy atom. The summed E-state index contributed by atoms with van der Waals surface area (Å²) in [4.78, 5) is 26.0. The van der Waals surface area contributed by atoms with Crippen molar-refractivity contribution in [3.63, 3.8) is 0 Å². The lowest BCUT2D eigenvalue weighted by Crippen LogP contribution is -2.58. The third-order valence-corrected chi connectivity index (χ3v) is 3.60. The van der Waals surface area contributed by atoms with Crippen LogP contribution in [0, 0.1) is 0 Å². The van der Waals surface area contributed by atoms with Crippen LogP contribution in [-0.2, 0) is 11.2 Å². The van der Waals surface area contributed by atoms with Gasteiger partial charge in [-0.05, 0) is 13.8 Å². The molecule has 0 bridgehead atoms. The average Bonchev–Trinajstić information content (AvgIpc) is 2.88. The van der Waals surface area contributed by atoms with Gasteiger partial charge in [0.25, 0.3) is 5.91 Å². The van der Waals surface area contributed by atoms with Gasteiger partial charge in [-0.2, -0.15) is 0 Å². The molecule has 1 N–H and O–H groups in total. The molecular weight excluding hydrogens is 272 g/mol. The standard InChI is InChI=1S/C15H22N2O4/c1-5-11-10(14(19)20-4)8-12(21-11)13(18)17-7-6-16-15(2,3)9-17/h8,16H,5-7,9H2,1-4H3. The van der Waals surface area contributed by atoms with E-state index in [0.717, 1.165) is 6.54 Å². The van der Waals surface area contributed by atoms with Crippen molar-refractivity contribution < 1.29 is 18.7 Å². The fourth-order valence-corrected chi connectivity index (χ4v) is 2.55. The number of hydrogen-bond acceptors (Lipinski definition) is 5. The molecule has 1 aromatic heterocycles. The fourth-order valence-electron chi connectivity index (χ4n) is 2.55. The minimum absolute atomic E-state index is 0.126. The monoisotopic (exact) mass is 294 g/mol. The number of piperazine rings is 1. The first-order valence-electron chi connectivity index (χ1n) is 7.13. The topological polar surface area (TPSA) is 71.8 Å².